The smallest absolute Gasteiger partial charge is 0.125 e. The number of fused-ring (bicyclic) bond motifs is 1. The summed E-state index contributed by atoms with van der Waals surface area (Å²) in [6.07, 6.45) is 3.10. The van der Waals surface area contributed by atoms with Crippen LogP contribution >= 0.6 is 11.6 Å². The minimum atomic E-state index is 0.243. The number of benzene rings is 1. The highest BCUT2D eigenvalue weighted by Gasteiger charge is 2.21. The van der Waals surface area contributed by atoms with Crippen molar-refractivity contribution in [1.29, 1.82) is 0 Å². The van der Waals surface area contributed by atoms with Gasteiger partial charge in [-0.3, -0.25) is 0 Å². The van der Waals surface area contributed by atoms with Crippen LogP contribution in [0.1, 0.15) is 31.4 Å². The molecule has 1 aliphatic rings. The Morgan fingerprint density at radius 3 is 2.95 bits per heavy atom. The number of halogens is 1. The zero-order valence-corrected chi connectivity index (χ0v) is 13.3. The summed E-state index contributed by atoms with van der Waals surface area (Å²) in [6.45, 7) is 5.94. The Bertz CT molecular complexity index is 450. The lowest BCUT2D eigenvalue weighted by atomic mass is 9.98. The molecule has 4 heteroatoms. The lowest BCUT2D eigenvalue weighted by Crippen LogP contribution is -2.34. The molecule has 2 rings (SSSR count). The molecule has 0 saturated carbocycles. The van der Waals surface area contributed by atoms with E-state index in [-0.39, 0.29) is 6.10 Å². The van der Waals surface area contributed by atoms with Crippen LogP contribution in [-0.4, -0.2) is 32.4 Å². The molecule has 0 aliphatic carbocycles. The molecule has 2 unspecified atom stereocenters. The maximum absolute atomic E-state index is 6.22. The van der Waals surface area contributed by atoms with Crippen LogP contribution in [0.4, 0.5) is 0 Å². The minimum absolute atomic E-state index is 0.243. The lowest BCUT2D eigenvalue weighted by Gasteiger charge is -2.22. The summed E-state index contributed by atoms with van der Waals surface area (Å²) in [6, 6.07) is 4.43. The summed E-state index contributed by atoms with van der Waals surface area (Å²) in [5.41, 5.74) is 2.45. The van der Waals surface area contributed by atoms with Gasteiger partial charge in [-0.2, -0.15) is 0 Å². The molecule has 112 valence electrons. The van der Waals surface area contributed by atoms with Gasteiger partial charge in [-0.25, -0.2) is 0 Å². The highest BCUT2D eigenvalue weighted by Crippen LogP contribution is 2.33. The normalized spacial score (nSPS) is 16.6. The molecule has 20 heavy (non-hydrogen) atoms. The third-order valence-electron chi connectivity index (χ3n) is 3.80. The average molecular weight is 298 g/mol. The van der Waals surface area contributed by atoms with E-state index in [1.165, 1.54) is 11.1 Å². The maximum atomic E-state index is 6.22. The van der Waals surface area contributed by atoms with E-state index in [4.69, 9.17) is 21.1 Å². The fourth-order valence-electron chi connectivity index (χ4n) is 2.79. The molecule has 1 N–H and O–H groups in total. The largest absolute Gasteiger partial charge is 0.493 e. The first-order chi connectivity index (χ1) is 9.63. The molecule has 0 amide bonds. The molecular weight excluding hydrogens is 274 g/mol. The van der Waals surface area contributed by atoms with E-state index in [0.29, 0.717) is 6.04 Å². The first-order valence-electron chi connectivity index (χ1n) is 7.34. The number of methoxy groups -OCH3 is 1. The highest BCUT2D eigenvalue weighted by atomic mass is 35.5. The van der Waals surface area contributed by atoms with Gasteiger partial charge in [-0.05, 0) is 49.6 Å². The van der Waals surface area contributed by atoms with Crippen LogP contribution in [0.25, 0.3) is 0 Å². The molecule has 1 aromatic rings. The lowest BCUT2D eigenvalue weighted by molar-refractivity contribution is 0.100. The van der Waals surface area contributed by atoms with Crippen molar-refractivity contribution in [2.24, 2.45) is 0 Å². The van der Waals surface area contributed by atoms with Crippen LogP contribution < -0.4 is 10.1 Å². The third-order valence-corrected chi connectivity index (χ3v) is 4.02. The second-order valence-corrected chi connectivity index (χ2v) is 5.83. The minimum Gasteiger partial charge on any atom is -0.493 e. The van der Waals surface area contributed by atoms with E-state index in [1.807, 2.05) is 12.1 Å². The number of likely N-dealkylation sites (N-methyl/N-ethyl adjacent to an activating group) is 1. The van der Waals surface area contributed by atoms with Crippen LogP contribution in [0.3, 0.4) is 0 Å². The molecule has 3 nitrogen and oxygen atoms in total. The number of nitrogens with one attached hydrogen (secondary N) is 1. The van der Waals surface area contributed by atoms with Crippen molar-refractivity contribution < 1.29 is 9.47 Å². The monoisotopic (exact) mass is 297 g/mol. The quantitative estimate of drug-likeness (QED) is 0.838. The fraction of sp³-hybridized carbons (Fsp3) is 0.625. The van der Waals surface area contributed by atoms with Crippen LogP contribution in [0.2, 0.25) is 5.02 Å². The van der Waals surface area contributed by atoms with Gasteiger partial charge in [-0.1, -0.05) is 18.5 Å². The molecule has 1 aromatic carbocycles. The molecule has 0 radical (unpaired) electrons. The third kappa shape index (κ3) is 3.87. The number of rotatable bonds is 7. The Hall–Kier alpha value is -0.770. The van der Waals surface area contributed by atoms with Gasteiger partial charge in [0.2, 0.25) is 0 Å². The molecule has 0 bridgehead atoms. The molecule has 0 saturated heterocycles. The number of ether oxygens (including phenoxy) is 2. The van der Waals surface area contributed by atoms with E-state index < -0.39 is 0 Å². The summed E-state index contributed by atoms with van der Waals surface area (Å²) in [5.74, 6) is 1.04. The fourth-order valence-corrected chi connectivity index (χ4v) is 3.05. The zero-order valence-electron chi connectivity index (χ0n) is 12.5. The van der Waals surface area contributed by atoms with Crippen LogP contribution in [-0.2, 0) is 17.6 Å². The van der Waals surface area contributed by atoms with Gasteiger partial charge in [-0.15, -0.1) is 0 Å². The standard InChI is InChI=1S/C16H24ClNO2/c1-4-18-15(7-11(2)19-3)10-13-9-14(17)8-12-5-6-20-16(12)13/h8-9,11,15,18H,4-7,10H2,1-3H3. The molecule has 1 aliphatic heterocycles. The number of hydrogen-bond acceptors (Lipinski definition) is 3. The second kappa shape index (κ2) is 7.30. The molecule has 2 atom stereocenters. The molecule has 1 heterocycles. The van der Waals surface area contributed by atoms with Crippen LogP contribution in [0.15, 0.2) is 12.1 Å². The van der Waals surface area contributed by atoms with Crippen molar-refractivity contribution in [3.8, 4) is 5.75 Å². The predicted molar refractivity (Wildman–Crippen MR) is 82.9 cm³/mol. The van der Waals surface area contributed by atoms with Crippen molar-refractivity contribution in [2.45, 2.75) is 45.3 Å². The van der Waals surface area contributed by atoms with Gasteiger partial charge in [0.25, 0.3) is 0 Å². The average Bonchev–Trinajstić information content (AvgIpc) is 2.86. The van der Waals surface area contributed by atoms with Gasteiger partial charge in [0, 0.05) is 24.6 Å². The van der Waals surface area contributed by atoms with Crippen molar-refractivity contribution >= 4 is 11.6 Å². The van der Waals surface area contributed by atoms with E-state index in [0.717, 1.165) is 43.2 Å². The van der Waals surface area contributed by atoms with Gasteiger partial charge in [0.05, 0.1) is 12.7 Å². The molecule has 0 aromatic heterocycles. The van der Waals surface area contributed by atoms with E-state index >= 15 is 0 Å². The summed E-state index contributed by atoms with van der Waals surface area (Å²) < 4.78 is 11.2. The van der Waals surface area contributed by atoms with Crippen LogP contribution in [0, 0.1) is 0 Å². The summed E-state index contributed by atoms with van der Waals surface area (Å²) >= 11 is 6.22. The summed E-state index contributed by atoms with van der Waals surface area (Å²) in [7, 11) is 1.76. The van der Waals surface area contributed by atoms with Crippen molar-refractivity contribution in [1.82, 2.24) is 5.32 Å². The predicted octanol–water partition coefficient (Wildman–Crippen LogP) is 3.22. The van der Waals surface area contributed by atoms with E-state index in [1.54, 1.807) is 7.11 Å². The Morgan fingerprint density at radius 1 is 1.45 bits per heavy atom. The Kier molecular flexibility index (Phi) is 5.70. The first-order valence-corrected chi connectivity index (χ1v) is 7.72. The van der Waals surface area contributed by atoms with Gasteiger partial charge >= 0.3 is 0 Å². The van der Waals surface area contributed by atoms with Crippen LogP contribution in [0.5, 0.6) is 5.75 Å². The highest BCUT2D eigenvalue weighted by molar-refractivity contribution is 6.30. The molecule has 0 spiro atoms. The van der Waals surface area contributed by atoms with Gasteiger partial charge in [0.1, 0.15) is 5.75 Å². The van der Waals surface area contributed by atoms with Crippen molar-refractivity contribution in [3.63, 3.8) is 0 Å². The Labute approximate surface area is 126 Å². The molecular formula is C16H24ClNO2. The number of hydrogen-bond donors (Lipinski definition) is 1. The zero-order chi connectivity index (χ0) is 14.5. The Morgan fingerprint density at radius 2 is 2.25 bits per heavy atom. The van der Waals surface area contributed by atoms with E-state index in [2.05, 4.69) is 19.2 Å². The summed E-state index contributed by atoms with van der Waals surface area (Å²) in [4.78, 5) is 0. The second-order valence-electron chi connectivity index (χ2n) is 5.39. The maximum Gasteiger partial charge on any atom is 0.125 e. The first kappa shape index (κ1) is 15.6. The topological polar surface area (TPSA) is 30.5 Å². The molecule has 0 fully saturated rings. The van der Waals surface area contributed by atoms with Crippen molar-refractivity contribution in [3.05, 3.63) is 28.3 Å². The Balaban J connectivity index is 2.14. The summed E-state index contributed by atoms with van der Waals surface area (Å²) in [5, 5.41) is 4.33. The van der Waals surface area contributed by atoms with Gasteiger partial charge in [0.15, 0.2) is 0 Å². The van der Waals surface area contributed by atoms with E-state index in [9.17, 15) is 0 Å². The van der Waals surface area contributed by atoms with Gasteiger partial charge < -0.3 is 14.8 Å². The SMILES string of the molecule is CCNC(Cc1cc(Cl)cc2c1OCC2)CC(C)OC. The van der Waals surface area contributed by atoms with Crippen molar-refractivity contribution in [2.75, 3.05) is 20.3 Å².